The highest BCUT2D eigenvalue weighted by atomic mass is 16.6. The highest BCUT2D eigenvalue weighted by Gasteiger charge is 2.02. The molecule has 510 valence electrons. The van der Waals surface area contributed by atoms with Crippen LogP contribution in [0.4, 0.5) is 0 Å². The van der Waals surface area contributed by atoms with Gasteiger partial charge >= 0.3 is 5.97 Å². The quantitative estimate of drug-likeness (QED) is 0.0584. The van der Waals surface area contributed by atoms with Crippen LogP contribution >= 0.6 is 0 Å². The van der Waals surface area contributed by atoms with Gasteiger partial charge in [0, 0.05) is 6.61 Å². The maximum atomic E-state index is 11.0. The van der Waals surface area contributed by atoms with Crippen molar-refractivity contribution in [2.75, 3.05) is 311 Å². The summed E-state index contributed by atoms with van der Waals surface area (Å²) in [5.41, 5.74) is 0. The van der Waals surface area contributed by atoms with Crippen molar-refractivity contribution in [1.82, 2.24) is 0 Å². The van der Waals surface area contributed by atoms with Crippen LogP contribution in [0.3, 0.4) is 0 Å². The summed E-state index contributed by atoms with van der Waals surface area (Å²) in [5, 5.41) is 0. The van der Waals surface area contributed by atoms with Gasteiger partial charge in [-0.15, -0.1) is 0 Å². The molecule has 0 aromatic heterocycles. The maximum absolute atomic E-state index is 11.0. The third-order valence-electron chi connectivity index (χ3n) is 11.5. The lowest BCUT2D eigenvalue weighted by Crippen LogP contribution is -2.16. The molecular formula is C60H120O25. The third-order valence-corrected chi connectivity index (χ3v) is 11.5. The molecule has 0 aliphatic rings. The highest BCUT2D eigenvalue weighted by molar-refractivity contribution is 5.69. The SMILES string of the molecule is CCCCCCCCCCCCOCCOCCOCCOCCOCCOCCOCCOCCOCCOCCOCCOCCOCCOCCOCCOCCOCCOCCOCCOCCOCCOCCOCCC(=O)OC. The monoisotopic (exact) mass is 1240 g/mol. The molecular weight excluding hydrogens is 1120 g/mol. The van der Waals surface area contributed by atoms with Crippen molar-refractivity contribution in [3.05, 3.63) is 0 Å². The molecule has 0 aromatic rings. The van der Waals surface area contributed by atoms with Gasteiger partial charge in [-0.05, 0) is 6.42 Å². The first-order valence-electron chi connectivity index (χ1n) is 31.7. The molecule has 0 aliphatic heterocycles. The number of esters is 1. The second-order valence-corrected chi connectivity index (χ2v) is 18.6. The van der Waals surface area contributed by atoms with Crippen LogP contribution in [-0.4, -0.2) is 317 Å². The first-order chi connectivity index (χ1) is 42.3. The average molecular weight is 1240 g/mol. The van der Waals surface area contributed by atoms with Gasteiger partial charge in [0.1, 0.15) is 0 Å². The fraction of sp³-hybridized carbons (Fsp3) is 0.983. The van der Waals surface area contributed by atoms with Crippen molar-refractivity contribution in [2.45, 2.75) is 77.6 Å². The minimum absolute atomic E-state index is 0.238. The Balaban J connectivity index is 3.09. The minimum Gasteiger partial charge on any atom is -0.469 e. The molecule has 0 aliphatic carbocycles. The first kappa shape index (κ1) is 83.5. The molecule has 0 spiro atoms. The van der Waals surface area contributed by atoms with Crippen LogP contribution in [0.1, 0.15) is 77.6 Å². The predicted octanol–water partition coefficient (Wildman–Crippen LogP) is 4.85. The van der Waals surface area contributed by atoms with Gasteiger partial charge < -0.3 is 114 Å². The van der Waals surface area contributed by atoms with Crippen LogP contribution in [0.2, 0.25) is 0 Å². The fourth-order valence-corrected chi connectivity index (χ4v) is 6.89. The van der Waals surface area contributed by atoms with Gasteiger partial charge in [-0.25, -0.2) is 0 Å². The second-order valence-electron chi connectivity index (χ2n) is 18.6. The van der Waals surface area contributed by atoms with Crippen molar-refractivity contribution in [2.24, 2.45) is 0 Å². The van der Waals surface area contributed by atoms with Crippen LogP contribution in [0.15, 0.2) is 0 Å². The van der Waals surface area contributed by atoms with E-state index in [9.17, 15) is 4.79 Å². The summed E-state index contributed by atoms with van der Waals surface area (Å²) in [6.45, 7) is 25.2. The van der Waals surface area contributed by atoms with Crippen LogP contribution < -0.4 is 0 Å². The average Bonchev–Trinajstić information content (AvgIpc) is 3.51. The Hall–Kier alpha value is -1.45. The molecule has 0 bridgehead atoms. The standard InChI is InChI=1S/C60H120O25/c1-3-4-5-6-7-8-9-10-11-12-14-63-16-18-65-20-22-67-24-26-69-28-30-71-32-34-73-36-38-75-40-42-77-44-46-79-48-50-81-52-54-83-56-58-85-59-57-84-55-53-82-51-49-80-47-45-78-43-41-76-39-37-74-35-33-72-31-29-70-27-25-68-23-21-66-19-17-64-15-13-60(61)62-2/h3-59H2,1-2H3. The Bertz CT molecular complexity index is 1190. The molecule has 0 atom stereocenters. The van der Waals surface area contributed by atoms with E-state index in [1.54, 1.807) is 0 Å². The van der Waals surface area contributed by atoms with Gasteiger partial charge in [-0.1, -0.05) is 64.7 Å². The Labute approximate surface area is 511 Å². The van der Waals surface area contributed by atoms with E-state index >= 15 is 0 Å². The lowest BCUT2D eigenvalue weighted by molar-refractivity contribution is -0.141. The van der Waals surface area contributed by atoms with Crippen molar-refractivity contribution in [3.8, 4) is 0 Å². The highest BCUT2D eigenvalue weighted by Crippen LogP contribution is 2.10. The molecule has 0 rings (SSSR count). The summed E-state index contributed by atoms with van der Waals surface area (Å²) in [5.74, 6) is -0.291. The van der Waals surface area contributed by atoms with E-state index in [0.717, 1.165) is 13.0 Å². The molecule has 0 radical (unpaired) electrons. The molecule has 0 unspecified atom stereocenters. The summed E-state index contributed by atoms with van der Waals surface area (Å²) in [7, 11) is 1.35. The van der Waals surface area contributed by atoms with Crippen LogP contribution in [0, 0.1) is 0 Å². The van der Waals surface area contributed by atoms with Gasteiger partial charge in [0.15, 0.2) is 0 Å². The van der Waals surface area contributed by atoms with E-state index < -0.39 is 0 Å². The molecule has 85 heavy (non-hydrogen) atoms. The van der Waals surface area contributed by atoms with E-state index in [1.807, 2.05) is 0 Å². The van der Waals surface area contributed by atoms with Gasteiger partial charge in [0.05, 0.1) is 311 Å². The lowest BCUT2D eigenvalue weighted by atomic mass is 10.1. The number of carbonyl (C=O) groups excluding carboxylic acids is 1. The Morgan fingerprint density at radius 1 is 0.176 bits per heavy atom. The van der Waals surface area contributed by atoms with E-state index in [-0.39, 0.29) is 12.4 Å². The Morgan fingerprint density at radius 2 is 0.306 bits per heavy atom. The molecule has 0 aromatic carbocycles. The molecule has 0 saturated carbocycles. The van der Waals surface area contributed by atoms with Gasteiger partial charge in [0.2, 0.25) is 0 Å². The van der Waals surface area contributed by atoms with Crippen molar-refractivity contribution < 1.29 is 118 Å². The zero-order chi connectivity index (χ0) is 60.9. The first-order valence-corrected chi connectivity index (χ1v) is 31.7. The normalized spacial score (nSPS) is 11.7. The zero-order valence-electron chi connectivity index (χ0n) is 53.0. The molecule has 0 fully saturated rings. The maximum Gasteiger partial charge on any atom is 0.307 e. The van der Waals surface area contributed by atoms with E-state index in [4.69, 9.17) is 109 Å². The topological polar surface area (TPSA) is 239 Å². The van der Waals surface area contributed by atoms with Crippen molar-refractivity contribution >= 4 is 5.97 Å². The number of ether oxygens (including phenoxy) is 24. The second kappa shape index (κ2) is 80.6. The van der Waals surface area contributed by atoms with E-state index in [0.29, 0.717) is 297 Å². The predicted molar refractivity (Wildman–Crippen MR) is 317 cm³/mol. The Morgan fingerprint density at radius 3 is 0.459 bits per heavy atom. The summed E-state index contributed by atoms with van der Waals surface area (Å²) in [4.78, 5) is 11.0. The number of hydrogen-bond donors (Lipinski definition) is 0. The number of hydrogen-bond acceptors (Lipinski definition) is 25. The fourth-order valence-electron chi connectivity index (χ4n) is 6.89. The van der Waals surface area contributed by atoms with Crippen molar-refractivity contribution in [3.63, 3.8) is 0 Å². The van der Waals surface area contributed by atoms with E-state index in [2.05, 4.69) is 11.7 Å². The molecule has 0 N–H and O–H groups in total. The van der Waals surface area contributed by atoms with Crippen molar-refractivity contribution in [1.29, 1.82) is 0 Å². The molecule has 0 amide bonds. The third kappa shape index (κ3) is 80.5. The van der Waals surface area contributed by atoms with Crippen LogP contribution in [0.25, 0.3) is 0 Å². The molecule has 25 heteroatoms. The van der Waals surface area contributed by atoms with Crippen LogP contribution in [-0.2, 0) is 118 Å². The molecule has 0 heterocycles. The van der Waals surface area contributed by atoms with E-state index in [1.165, 1.54) is 64.9 Å². The van der Waals surface area contributed by atoms with Gasteiger partial charge in [0.25, 0.3) is 0 Å². The lowest BCUT2D eigenvalue weighted by Gasteiger charge is -2.09. The Kier molecular flexibility index (Phi) is 79.2. The van der Waals surface area contributed by atoms with Gasteiger partial charge in [-0.2, -0.15) is 0 Å². The van der Waals surface area contributed by atoms with Gasteiger partial charge in [-0.3, -0.25) is 4.79 Å². The van der Waals surface area contributed by atoms with Crippen LogP contribution in [0.5, 0.6) is 0 Å². The smallest absolute Gasteiger partial charge is 0.307 e. The molecule has 25 nitrogen and oxygen atoms in total. The summed E-state index contributed by atoms with van der Waals surface area (Å²) < 4.78 is 131. The number of methoxy groups -OCH3 is 1. The summed E-state index contributed by atoms with van der Waals surface area (Å²) >= 11 is 0. The largest absolute Gasteiger partial charge is 0.469 e. The number of carbonyl (C=O) groups is 1. The zero-order valence-corrected chi connectivity index (χ0v) is 53.0. The minimum atomic E-state index is -0.291. The molecule has 0 saturated heterocycles. The number of unbranched alkanes of at least 4 members (excludes halogenated alkanes) is 9. The summed E-state index contributed by atoms with van der Waals surface area (Å²) in [6.07, 6.45) is 13.6. The number of rotatable bonds is 80. The summed E-state index contributed by atoms with van der Waals surface area (Å²) in [6, 6.07) is 0.